The zero-order valence-corrected chi connectivity index (χ0v) is 87.3. The maximum absolute atomic E-state index is 13.2. The number of carboxylic acid groups (broad SMARTS) is 2. The average Bonchev–Trinajstić information content (AvgIpc) is 1.67. The van der Waals surface area contributed by atoms with Crippen LogP contribution in [0.1, 0.15) is 177 Å². The van der Waals surface area contributed by atoms with Crippen LogP contribution in [0.5, 0.6) is 23.0 Å². The van der Waals surface area contributed by atoms with E-state index in [1.54, 1.807) is 126 Å². The van der Waals surface area contributed by atoms with Crippen LogP contribution in [0.2, 0.25) is 0 Å². The Labute approximate surface area is 858 Å². The third-order valence-corrected chi connectivity index (χ3v) is 23.4. The number of ketones is 4. The van der Waals surface area contributed by atoms with Crippen molar-refractivity contribution < 1.29 is 96.2 Å². The molecule has 4 aromatic carbocycles. The number of halogens is 1. The number of carboxylic acids is 2. The Morgan fingerprint density at radius 1 is 0.374 bits per heavy atom. The van der Waals surface area contributed by atoms with Gasteiger partial charge in [-0.05, 0) is 122 Å². The number of primary amides is 1. The molecule has 0 aliphatic carbocycles. The molecular weight excluding hydrogens is 1910 g/mol. The zero-order chi connectivity index (χ0) is 107. The Kier molecular flexibility index (Phi) is 46.1. The summed E-state index contributed by atoms with van der Waals surface area (Å²) in [6, 6.07) is 27.3. The number of rotatable bonds is 45. The Bertz CT molecular complexity index is 6640. The molecule has 0 fully saturated rings. The SMILES string of the molecule is COC(=O)[C@@H](N)Cc1cn(C)cn1.COC(=O)[C@H](Cc1cn(C)cn1)NC(=O)[C@@H](CC(=O)c1cc2c(OC)cccc2[nH]1)CC(C)C.COc1cccc2[nH]c(C(=O)C[C@@H](CC(C)C)C(=O)N[C@@H](Cc3cn(C)cn3)C(N)=O)cc12.COc1cccc2[nH]c(C(=O)C[C@@H](CC(C)C)C(=O)N[C@H](C#N)Cc3cn(C)cn3)cc12.COc1cccc2[nH]c(C(=O)C[C@@H](CC(C)C)C(=O)O)cc12.Cl.Cn1cnc(C[C@H](N)C(=O)O)c1. The number of aromatic nitrogens is 14. The number of aliphatic carboxylic acids is 2. The fourth-order valence-electron chi connectivity index (χ4n) is 16.4. The topological polar surface area (TPSA) is 591 Å². The number of carbonyl (C=O) groups excluding carboxylic acids is 10. The lowest BCUT2D eigenvalue weighted by Gasteiger charge is -2.22. The third kappa shape index (κ3) is 36.3. The molecule has 9 heterocycles. The molecule has 0 saturated carbocycles. The maximum atomic E-state index is 13.2. The fourth-order valence-corrected chi connectivity index (χ4v) is 16.4. The molecule has 41 nitrogen and oxygen atoms in total. The summed E-state index contributed by atoms with van der Waals surface area (Å²) in [7, 11) is 18.1. The average molecular weight is 2050 g/mol. The summed E-state index contributed by atoms with van der Waals surface area (Å²) in [5.41, 5.74) is 24.8. The van der Waals surface area contributed by atoms with Crippen molar-refractivity contribution in [2.75, 3.05) is 42.7 Å². The van der Waals surface area contributed by atoms with E-state index in [1.807, 2.05) is 176 Å². The number of carbonyl (C=O) groups is 12. The maximum Gasteiger partial charge on any atom is 0.328 e. The van der Waals surface area contributed by atoms with Crippen molar-refractivity contribution in [3.05, 3.63) is 211 Å². The van der Waals surface area contributed by atoms with Gasteiger partial charge in [-0.15, -0.1) is 12.4 Å². The zero-order valence-electron chi connectivity index (χ0n) is 86.5. The van der Waals surface area contributed by atoms with Crippen molar-refractivity contribution in [1.82, 2.24) is 83.6 Å². The fraction of sp³-hybridized carbons (Fsp3) is 0.429. The highest BCUT2D eigenvalue weighted by Gasteiger charge is 2.34. The molecule has 0 spiro atoms. The van der Waals surface area contributed by atoms with Crippen molar-refractivity contribution in [1.29, 1.82) is 5.26 Å². The minimum Gasteiger partial charge on any atom is -0.496 e. The molecule has 13 aromatic rings. The van der Waals surface area contributed by atoms with Gasteiger partial charge in [0.1, 0.15) is 53.2 Å². The molecule has 0 saturated heterocycles. The standard InChI is InChI=1S/C25H32N4O5.C24H31N5O4.C24H29N5O3.C17H21NO4.C8H13N3O2.C7H11N3O2.ClH/c1-15(2)9-16(10-22(30)20-12-18-19(27-20)7-6-8-23(18)33-4)24(31)28-21(25(32)34-5)11-17-13-29(3)14-26-17;1-14(2)8-15(24(32)28-20(23(25)31)10-16-12-29(3)13-26-16)9-21(30)19-11-17-18(27-19)6-5-7-22(17)33-4;1-15(2)8-16(24(31)27-17(12-25)10-18-13-29(3)14-26-18)9-22(30)21-11-19-20(28-21)6-5-7-23(19)32-4;1-10(2)7-11(17(20)21)8-15(19)14-9-12-13(18-14)5-4-6-16(12)22-3;1-11-4-6(10-5-11)3-7(9)8(12)13-2;1-10-3-5(9-4-10)2-6(8)7(11)12;/h6-8,12-16,21,27H,9-11H2,1-5H3,(H,28,31);5-7,11-15,20,27H,8-10H2,1-4H3,(H2,25,31)(H,28,32);5-7,11,13-17,28H,8-10H2,1-4H3,(H,27,31);4-6,9-11,18H,7-8H2,1-3H3,(H,20,21);4-5,7H,3,9H2,1-2H3;3-4,6H,2,8H2,1H3,(H,11,12);1H/t16-,21+;15-,20+;16-,17+;11-;7-;6-;/m111100./s1. The van der Waals surface area contributed by atoms with Crippen LogP contribution in [0, 0.1) is 58.7 Å². The summed E-state index contributed by atoms with van der Waals surface area (Å²) in [4.78, 5) is 181. The number of aromatic amines is 4. The molecule has 790 valence electrons. The quantitative estimate of drug-likeness (QED) is 0.0125. The molecule has 0 radical (unpaired) electrons. The second kappa shape index (κ2) is 57.2. The van der Waals surface area contributed by atoms with E-state index in [1.165, 1.54) is 14.2 Å². The Balaban J connectivity index is 0.000000247. The van der Waals surface area contributed by atoms with Crippen molar-refractivity contribution in [3.8, 4) is 29.1 Å². The molecule has 9 aromatic heterocycles. The van der Waals surface area contributed by atoms with Crippen LogP contribution in [0.25, 0.3) is 43.6 Å². The number of nitrogens with zero attached hydrogens (tertiary/aromatic N) is 11. The van der Waals surface area contributed by atoms with Gasteiger partial charge < -0.3 is 115 Å². The number of hydrogen-bond donors (Lipinski definition) is 12. The molecule has 9 atom stereocenters. The van der Waals surface area contributed by atoms with Gasteiger partial charge >= 0.3 is 23.9 Å². The molecule has 0 aliphatic rings. The van der Waals surface area contributed by atoms with Crippen LogP contribution in [0.15, 0.2) is 160 Å². The second-order valence-electron chi connectivity index (χ2n) is 37.6. The van der Waals surface area contributed by atoms with E-state index in [-0.39, 0.29) is 122 Å². The number of amides is 4. The molecule has 0 aliphatic heterocycles. The van der Waals surface area contributed by atoms with E-state index in [2.05, 4.69) is 71.6 Å². The van der Waals surface area contributed by atoms with E-state index in [9.17, 15) is 67.9 Å². The highest BCUT2D eigenvalue weighted by Crippen LogP contribution is 2.34. The largest absolute Gasteiger partial charge is 0.496 e. The molecule has 0 bridgehead atoms. The van der Waals surface area contributed by atoms with E-state index >= 15 is 0 Å². The first-order chi connectivity index (χ1) is 69.3. The van der Waals surface area contributed by atoms with Gasteiger partial charge in [0.05, 0.1) is 138 Å². The van der Waals surface area contributed by atoms with Crippen LogP contribution in [0.4, 0.5) is 0 Å². The summed E-state index contributed by atoms with van der Waals surface area (Å²) in [6.45, 7) is 15.9. The molecular formula is C105H138ClN21O20. The number of imidazole rings is 5. The number of nitriles is 1. The summed E-state index contributed by atoms with van der Waals surface area (Å²) in [5.74, 6) is -4.14. The highest BCUT2D eigenvalue weighted by molar-refractivity contribution is 6.06. The first-order valence-corrected chi connectivity index (χ1v) is 47.7. The Morgan fingerprint density at radius 2 is 0.639 bits per heavy atom. The molecule has 147 heavy (non-hydrogen) atoms. The number of methoxy groups -OCH3 is 6. The van der Waals surface area contributed by atoms with Gasteiger partial charge in [-0.25, -0.2) is 29.7 Å². The minimum atomic E-state index is -0.999. The normalized spacial score (nSPS) is 12.8. The lowest BCUT2D eigenvalue weighted by molar-refractivity contribution is -0.145. The van der Waals surface area contributed by atoms with Gasteiger partial charge in [-0.2, -0.15) is 5.26 Å². The molecule has 42 heteroatoms. The Morgan fingerprint density at radius 3 is 0.898 bits per heavy atom. The number of nitrogens with two attached hydrogens (primary N) is 3. The Hall–Kier alpha value is -15.6. The van der Waals surface area contributed by atoms with Gasteiger partial charge in [0.25, 0.3) is 0 Å². The van der Waals surface area contributed by atoms with Crippen molar-refractivity contribution in [3.63, 3.8) is 0 Å². The van der Waals surface area contributed by atoms with Gasteiger partial charge in [0.2, 0.25) is 23.6 Å². The van der Waals surface area contributed by atoms with Crippen LogP contribution < -0.4 is 52.1 Å². The molecule has 15 N–H and O–H groups in total. The second-order valence-corrected chi connectivity index (χ2v) is 37.6. The van der Waals surface area contributed by atoms with Crippen LogP contribution in [-0.4, -0.2) is 221 Å². The molecule has 4 amide bonds. The van der Waals surface area contributed by atoms with E-state index in [4.69, 9.17) is 46.0 Å². The van der Waals surface area contributed by atoms with Gasteiger partial charge in [-0.3, -0.25) is 52.7 Å². The predicted octanol–water partition coefficient (Wildman–Crippen LogP) is 11.6. The van der Waals surface area contributed by atoms with E-state index in [0.717, 1.165) is 55.0 Å². The first-order valence-electron chi connectivity index (χ1n) is 47.7. The van der Waals surface area contributed by atoms with Gasteiger partial charge in [-0.1, -0.05) is 79.7 Å². The van der Waals surface area contributed by atoms with E-state index in [0.29, 0.717) is 101 Å². The van der Waals surface area contributed by atoms with E-state index < -0.39 is 83.7 Å². The summed E-state index contributed by atoms with van der Waals surface area (Å²) >= 11 is 0. The van der Waals surface area contributed by atoms with Gasteiger partial charge in [0, 0.05) is 185 Å². The predicted molar refractivity (Wildman–Crippen MR) is 555 cm³/mol. The van der Waals surface area contributed by atoms with Crippen LogP contribution in [0.3, 0.4) is 0 Å². The number of esters is 2. The number of nitrogens with one attached hydrogen (secondary N) is 7. The number of Topliss-reactive ketones (excluding diaryl/α,β-unsaturated/α-hetero) is 4. The third-order valence-electron chi connectivity index (χ3n) is 23.4. The van der Waals surface area contributed by atoms with Crippen molar-refractivity contribution in [2.45, 2.75) is 169 Å². The number of H-pyrrole nitrogens is 4. The van der Waals surface area contributed by atoms with Crippen LogP contribution >= 0.6 is 12.4 Å². The summed E-state index contributed by atoms with van der Waals surface area (Å²) in [6.07, 6.45) is 20.6. The van der Waals surface area contributed by atoms with Crippen molar-refractivity contribution >= 4 is 127 Å². The lowest BCUT2D eigenvalue weighted by atomic mass is 9.90. The molecule has 13 rings (SSSR count). The van der Waals surface area contributed by atoms with Crippen LogP contribution in [-0.2, 0) is 115 Å². The number of benzene rings is 4. The monoisotopic (exact) mass is 2050 g/mol. The molecule has 0 unspecified atom stereocenters. The minimum absolute atomic E-state index is 0. The lowest BCUT2D eigenvalue weighted by Crippen LogP contribution is -2.48. The number of ether oxygens (including phenoxy) is 6. The first kappa shape index (κ1) is 118. The number of fused-ring (bicyclic) bond motifs is 4. The summed E-state index contributed by atoms with van der Waals surface area (Å²) in [5, 5.41) is 38.8. The number of hydrogen-bond acceptors (Lipinski definition) is 26. The van der Waals surface area contributed by atoms with Gasteiger partial charge in [0.15, 0.2) is 23.1 Å². The smallest absolute Gasteiger partial charge is 0.328 e. The number of aryl methyl sites for hydroxylation is 5. The van der Waals surface area contributed by atoms with Crippen molar-refractivity contribution in [2.24, 2.45) is 99.8 Å². The highest BCUT2D eigenvalue weighted by atomic mass is 35.5. The summed E-state index contributed by atoms with van der Waals surface area (Å²) < 4.78 is 39.6.